The van der Waals surface area contributed by atoms with Crippen molar-refractivity contribution in [1.29, 1.82) is 0 Å². The van der Waals surface area contributed by atoms with Crippen molar-refractivity contribution >= 4 is 28.2 Å². The van der Waals surface area contributed by atoms with Gasteiger partial charge in [0.2, 0.25) is 0 Å². The van der Waals surface area contributed by atoms with Crippen LogP contribution in [0.5, 0.6) is 0 Å². The standard InChI is InChI=1S/C11H9ClN4O/c1-5-3-7-9(4-8(5)12)14-11(17)16-10(7)13-6(2)15-16/h3-4H,1-2H3,(H,14,17). The van der Waals surface area contributed by atoms with Crippen LogP contribution in [0.25, 0.3) is 16.6 Å². The van der Waals surface area contributed by atoms with E-state index in [4.69, 9.17) is 11.6 Å². The highest BCUT2D eigenvalue weighted by Gasteiger charge is 2.10. The van der Waals surface area contributed by atoms with Crippen LogP contribution in [0.4, 0.5) is 0 Å². The largest absolute Gasteiger partial charge is 0.348 e. The highest BCUT2D eigenvalue weighted by molar-refractivity contribution is 6.32. The number of nitrogens with one attached hydrogen (secondary N) is 1. The summed E-state index contributed by atoms with van der Waals surface area (Å²) >= 11 is 6.03. The smallest absolute Gasteiger partial charge is 0.305 e. The van der Waals surface area contributed by atoms with Crippen LogP contribution < -0.4 is 5.69 Å². The molecule has 2 heterocycles. The van der Waals surface area contributed by atoms with Gasteiger partial charge in [0.05, 0.1) is 5.52 Å². The summed E-state index contributed by atoms with van der Waals surface area (Å²) in [6.07, 6.45) is 0. The van der Waals surface area contributed by atoms with Crippen LogP contribution in [0.15, 0.2) is 16.9 Å². The van der Waals surface area contributed by atoms with Crippen LogP contribution in [0.1, 0.15) is 11.4 Å². The number of rotatable bonds is 0. The van der Waals surface area contributed by atoms with Gasteiger partial charge in [-0.2, -0.15) is 4.52 Å². The first-order valence-corrected chi connectivity index (χ1v) is 5.49. The third-order valence-electron chi connectivity index (χ3n) is 2.69. The first-order chi connectivity index (χ1) is 8.06. The second kappa shape index (κ2) is 3.30. The number of fused-ring (bicyclic) bond motifs is 3. The van der Waals surface area contributed by atoms with Gasteiger partial charge in [0.1, 0.15) is 5.82 Å². The van der Waals surface area contributed by atoms with Gasteiger partial charge >= 0.3 is 5.69 Å². The monoisotopic (exact) mass is 248 g/mol. The van der Waals surface area contributed by atoms with E-state index in [9.17, 15) is 4.79 Å². The molecule has 3 aromatic rings. The van der Waals surface area contributed by atoms with Gasteiger partial charge in [0.25, 0.3) is 0 Å². The fourth-order valence-electron chi connectivity index (χ4n) is 1.87. The predicted molar refractivity (Wildman–Crippen MR) is 65.6 cm³/mol. The average molecular weight is 249 g/mol. The molecule has 6 heteroatoms. The Morgan fingerprint density at radius 1 is 1.35 bits per heavy atom. The fraction of sp³-hybridized carbons (Fsp3) is 0.182. The van der Waals surface area contributed by atoms with Crippen LogP contribution in [0, 0.1) is 13.8 Å². The minimum absolute atomic E-state index is 0.312. The van der Waals surface area contributed by atoms with Crippen molar-refractivity contribution in [2.45, 2.75) is 13.8 Å². The number of benzene rings is 1. The van der Waals surface area contributed by atoms with Crippen LogP contribution in [-0.4, -0.2) is 19.6 Å². The number of aromatic nitrogens is 4. The van der Waals surface area contributed by atoms with Crippen LogP contribution >= 0.6 is 11.6 Å². The van der Waals surface area contributed by atoms with Crippen molar-refractivity contribution in [3.63, 3.8) is 0 Å². The zero-order valence-corrected chi connectivity index (χ0v) is 10.0. The predicted octanol–water partition coefficient (Wildman–Crippen LogP) is 1.84. The zero-order valence-electron chi connectivity index (χ0n) is 9.28. The van der Waals surface area contributed by atoms with Gasteiger partial charge in [-0.05, 0) is 31.5 Å². The molecule has 0 saturated carbocycles. The third kappa shape index (κ3) is 1.43. The molecule has 0 saturated heterocycles. The third-order valence-corrected chi connectivity index (χ3v) is 3.09. The Labute approximate surface area is 101 Å². The van der Waals surface area contributed by atoms with Crippen LogP contribution in [0.2, 0.25) is 5.02 Å². The lowest BCUT2D eigenvalue weighted by atomic mass is 10.1. The SMILES string of the molecule is Cc1nc2c3cc(C)c(Cl)cc3[nH]c(=O)n2n1. The number of nitrogens with zero attached hydrogens (tertiary/aromatic N) is 3. The second-order valence-corrected chi connectivity index (χ2v) is 4.38. The summed E-state index contributed by atoms with van der Waals surface area (Å²) in [5.41, 5.74) is 1.85. The number of aromatic amines is 1. The van der Waals surface area contributed by atoms with E-state index in [-0.39, 0.29) is 5.69 Å². The fourth-order valence-corrected chi connectivity index (χ4v) is 2.03. The van der Waals surface area contributed by atoms with Crippen LogP contribution in [0.3, 0.4) is 0 Å². The van der Waals surface area contributed by atoms with E-state index in [1.165, 1.54) is 4.52 Å². The molecule has 0 aliphatic heterocycles. The van der Waals surface area contributed by atoms with Crippen molar-refractivity contribution in [1.82, 2.24) is 19.6 Å². The molecule has 2 aromatic heterocycles. The maximum absolute atomic E-state index is 11.8. The van der Waals surface area contributed by atoms with E-state index < -0.39 is 0 Å². The van der Waals surface area contributed by atoms with Crippen molar-refractivity contribution in [2.75, 3.05) is 0 Å². The van der Waals surface area contributed by atoms with Crippen molar-refractivity contribution < 1.29 is 0 Å². The molecule has 5 nitrogen and oxygen atoms in total. The lowest BCUT2D eigenvalue weighted by Crippen LogP contribution is -2.17. The Balaban J connectivity index is 2.62. The molecule has 3 rings (SSSR count). The van der Waals surface area contributed by atoms with Gasteiger partial charge in [0, 0.05) is 10.4 Å². The highest BCUT2D eigenvalue weighted by atomic mass is 35.5. The number of hydrogen-bond donors (Lipinski definition) is 1. The summed E-state index contributed by atoms with van der Waals surface area (Å²) < 4.78 is 1.27. The van der Waals surface area contributed by atoms with Crippen molar-refractivity contribution in [2.24, 2.45) is 0 Å². The molecule has 1 N–H and O–H groups in total. The quantitative estimate of drug-likeness (QED) is 0.660. The summed E-state index contributed by atoms with van der Waals surface area (Å²) in [6, 6.07) is 3.63. The van der Waals surface area contributed by atoms with Gasteiger partial charge in [-0.15, -0.1) is 5.10 Å². The van der Waals surface area contributed by atoms with Gasteiger partial charge in [-0.3, -0.25) is 0 Å². The molecule has 0 fully saturated rings. The first kappa shape index (κ1) is 10.3. The van der Waals surface area contributed by atoms with Gasteiger partial charge in [0.15, 0.2) is 5.65 Å². The molecule has 0 atom stereocenters. The summed E-state index contributed by atoms with van der Waals surface area (Å²) in [6.45, 7) is 3.66. The van der Waals surface area contributed by atoms with E-state index in [1.807, 2.05) is 13.0 Å². The minimum atomic E-state index is -0.312. The molecule has 0 radical (unpaired) electrons. The Kier molecular flexibility index (Phi) is 2.00. The van der Waals surface area contributed by atoms with E-state index in [0.29, 0.717) is 22.0 Å². The molecule has 0 aliphatic rings. The van der Waals surface area contributed by atoms with Gasteiger partial charge in [-0.25, -0.2) is 9.78 Å². The average Bonchev–Trinajstić information content (AvgIpc) is 2.64. The lowest BCUT2D eigenvalue weighted by Gasteiger charge is -2.02. The Morgan fingerprint density at radius 3 is 2.88 bits per heavy atom. The second-order valence-electron chi connectivity index (χ2n) is 3.97. The van der Waals surface area contributed by atoms with E-state index in [0.717, 1.165) is 10.9 Å². The Bertz CT molecular complexity index is 802. The normalized spacial score (nSPS) is 11.5. The zero-order chi connectivity index (χ0) is 12.2. The number of halogens is 1. The van der Waals surface area contributed by atoms with Gasteiger partial charge in [-0.1, -0.05) is 11.6 Å². The molecular weight excluding hydrogens is 240 g/mol. The molecule has 0 amide bonds. The molecule has 0 bridgehead atoms. The number of hydrogen-bond acceptors (Lipinski definition) is 3. The number of H-pyrrole nitrogens is 1. The van der Waals surface area contributed by atoms with Crippen LogP contribution in [-0.2, 0) is 0 Å². The minimum Gasteiger partial charge on any atom is -0.305 e. The van der Waals surface area contributed by atoms with E-state index >= 15 is 0 Å². The Hall–Kier alpha value is -1.88. The summed E-state index contributed by atoms with van der Waals surface area (Å²) in [4.78, 5) is 18.8. The summed E-state index contributed by atoms with van der Waals surface area (Å²) in [5, 5.41) is 5.50. The van der Waals surface area contributed by atoms with Crippen molar-refractivity contribution in [3.8, 4) is 0 Å². The number of aryl methyl sites for hydroxylation is 2. The molecule has 0 aliphatic carbocycles. The Morgan fingerprint density at radius 2 is 2.12 bits per heavy atom. The lowest BCUT2D eigenvalue weighted by molar-refractivity contribution is 0.863. The molecule has 86 valence electrons. The van der Waals surface area contributed by atoms with Gasteiger partial charge < -0.3 is 4.98 Å². The summed E-state index contributed by atoms with van der Waals surface area (Å²) in [5.74, 6) is 0.565. The van der Waals surface area contributed by atoms with E-state index in [2.05, 4.69) is 15.1 Å². The molecule has 0 spiro atoms. The molecule has 17 heavy (non-hydrogen) atoms. The molecular formula is C11H9ClN4O. The summed E-state index contributed by atoms with van der Waals surface area (Å²) in [7, 11) is 0. The maximum atomic E-state index is 11.8. The topological polar surface area (TPSA) is 63.0 Å². The first-order valence-electron chi connectivity index (χ1n) is 5.12. The molecule has 1 aromatic carbocycles. The highest BCUT2D eigenvalue weighted by Crippen LogP contribution is 2.23. The van der Waals surface area contributed by atoms with E-state index in [1.54, 1.807) is 13.0 Å². The van der Waals surface area contributed by atoms with Crippen molar-refractivity contribution in [3.05, 3.63) is 39.0 Å². The maximum Gasteiger partial charge on any atom is 0.348 e. The molecule has 0 unspecified atom stereocenters.